The summed E-state index contributed by atoms with van der Waals surface area (Å²) in [4.78, 5) is 10.8. The molecule has 55 valence electrons. The first kappa shape index (κ1) is 11.2. The molecule has 0 amide bonds. The van der Waals surface area contributed by atoms with Crippen LogP contribution in [0, 0.1) is 11.5 Å². The number of nitrogens with zero attached hydrogens (tertiary/aromatic N) is 1. The molecule has 0 N–H and O–H groups in total. The SMILES string of the molecule is N#COC(=O)c1ccccc1.[Na]. The fourth-order valence-corrected chi connectivity index (χ4v) is 0.675. The zero-order valence-corrected chi connectivity index (χ0v) is 8.65. The Morgan fingerprint density at radius 3 is 2.42 bits per heavy atom. The molecule has 1 aromatic carbocycles. The van der Waals surface area contributed by atoms with Crippen LogP contribution < -0.4 is 0 Å². The summed E-state index contributed by atoms with van der Waals surface area (Å²) in [5.41, 5.74) is 0.383. The van der Waals surface area contributed by atoms with Gasteiger partial charge in [-0.25, -0.2) is 4.79 Å². The third-order valence-corrected chi connectivity index (χ3v) is 1.15. The molecule has 0 aliphatic rings. The first-order chi connectivity index (χ1) is 5.34. The van der Waals surface area contributed by atoms with Crippen molar-refractivity contribution in [3.05, 3.63) is 35.9 Å². The van der Waals surface area contributed by atoms with Crippen molar-refractivity contribution in [2.75, 3.05) is 0 Å². The van der Waals surface area contributed by atoms with E-state index < -0.39 is 5.97 Å². The fourth-order valence-electron chi connectivity index (χ4n) is 0.675. The van der Waals surface area contributed by atoms with Gasteiger partial charge in [0.05, 0.1) is 5.56 Å². The number of ether oxygens (including phenoxy) is 1. The van der Waals surface area contributed by atoms with E-state index in [0.29, 0.717) is 5.56 Å². The molecule has 0 saturated heterocycles. The molecule has 0 fully saturated rings. The molecule has 0 atom stereocenters. The largest absolute Gasteiger partial charge is 0.353 e. The average Bonchev–Trinajstić information content (AvgIpc) is 2.07. The van der Waals surface area contributed by atoms with Crippen molar-refractivity contribution in [3.63, 3.8) is 0 Å². The third-order valence-electron chi connectivity index (χ3n) is 1.15. The molecule has 0 unspecified atom stereocenters. The van der Waals surface area contributed by atoms with E-state index in [9.17, 15) is 4.79 Å². The number of rotatable bonds is 1. The first-order valence-corrected chi connectivity index (χ1v) is 3.00. The van der Waals surface area contributed by atoms with Crippen LogP contribution in [-0.4, -0.2) is 35.5 Å². The van der Waals surface area contributed by atoms with E-state index in [1.807, 2.05) is 0 Å². The van der Waals surface area contributed by atoms with Gasteiger partial charge in [0.2, 0.25) is 0 Å². The number of benzene rings is 1. The first-order valence-electron chi connectivity index (χ1n) is 3.00. The van der Waals surface area contributed by atoms with Crippen LogP contribution in [0.4, 0.5) is 0 Å². The van der Waals surface area contributed by atoms with Gasteiger partial charge in [0.1, 0.15) is 0 Å². The summed E-state index contributed by atoms with van der Waals surface area (Å²) < 4.78 is 4.09. The summed E-state index contributed by atoms with van der Waals surface area (Å²) >= 11 is 0. The molecule has 0 aliphatic carbocycles. The van der Waals surface area contributed by atoms with E-state index in [-0.39, 0.29) is 29.6 Å². The van der Waals surface area contributed by atoms with Gasteiger partial charge in [-0.05, 0) is 12.1 Å². The molecule has 3 nitrogen and oxygen atoms in total. The van der Waals surface area contributed by atoms with Crippen LogP contribution >= 0.6 is 0 Å². The topological polar surface area (TPSA) is 50.1 Å². The van der Waals surface area contributed by atoms with Crippen molar-refractivity contribution in [3.8, 4) is 6.26 Å². The van der Waals surface area contributed by atoms with Crippen LogP contribution in [0.3, 0.4) is 0 Å². The minimum Gasteiger partial charge on any atom is -0.347 e. The van der Waals surface area contributed by atoms with Gasteiger partial charge < -0.3 is 4.74 Å². The molecule has 0 spiro atoms. The number of hydrogen-bond donors (Lipinski definition) is 0. The predicted octanol–water partition coefficient (Wildman–Crippen LogP) is 0.944. The monoisotopic (exact) mass is 170 g/mol. The molecule has 4 heteroatoms. The van der Waals surface area contributed by atoms with Gasteiger partial charge in [0.15, 0.2) is 0 Å². The summed E-state index contributed by atoms with van der Waals surface area (Å²) in [5, 5.41) is 8.00. The smallest absolute Gasteiger partial charge is 0.347 e. The van der Waals surface area contributed by atoms with Gasteiger partial charge in [-0.3, -0.25) is 0 Å². The maximum atomic E-state index is 10.8. The third kappa shape index (κ3) is 3.05. The van der Waals surface area contributed by atoms with Crippen LogP contribution in [-0.2, 0) is 4.74 Å². The van der Waals surface area contributed by atoms with E-state index in [1.54, 1.807) is 30.3 Å². The van der Waals surface area contributed by atoms with Crippen molar-refractivity contribution >= 4 is 35.5 Å². The van der Waals surface area contributed by atoms with Gasteiger partial charge in [0, 0.05) is 29.6 Å². The van der Waals surface area contributed by atoms with E-state index in [4.69, 9.17) is 5.26 Å². The second kappa shape index (κ2) is 5.78. The van der Waals surface area contributed by atoms with E-state index in [2.05, 4.69) is 4.74 Å². The molecular weight excluding hydrogens is 165 g/mol. The summed E-state index contributed by atoms with van der Waals surface area (Å²) in [6.45, 7) is 0. The van der Waals surface area contributed by atoms with Crippen molar-refractivity contribution in [1.82, 2.24) is 0 Å². The predicted molar refractivity (Wildman–Crippen MR) is 43.2 cm³/mol. The standard InChI is InChI=1S/C8H5NO2.Na/c9-6-11-8(10)7-4-2-1-3-5-7;/h1-5H;. The van der Waals surface area contributed by atoms with Crippen LogP contribution in [0.5, 0.6) is 0 Å². The number of hydrogen-bond acceptors (Lipinski definition) is 3. The molecule has 0 aliphatic heterocycles. The Balaban J connectivity index is 0.00000121. The molecule has 0 saturated carbocycles. The zero-order chi connectivity index (χ0) is 8.10. The summed E-state index contributed by atoms with van der Waals surface area (Å²) in [5.74, 6) is -0.618. The van der Waals surface area contributed by atoms with Crippen molar-refractivity contribution < 1.29 is 9.53 Å². The quantitative estimate of drug-likeness (QED) is 0.358. The molecular formula is C8H5NNaO2. The van der Waals surface area contributed by atoms with Crippen molar-refractivity contribution in [2.45, 2.75) is 0 Å². The summed E-state index contributed by atoms with van der Waals surface area (Å²) in [6.07, 6.45) is 1.32. The van der Waals surface area contributed by atoms with E-state index in [1.165, 1.54) is 6.26 Å². The van der Waals surface area contributed by atoms with Gasteiger partial charge >= 0.3 is 5.97 Å². The fraction of sp³-hybridized carbons (Fsp3) is 0. The minimum absolute atomic E-state index is 0. The van der Waals surface area contributed by atoms with E-state index >= 15 is 0 Å². The maximum absolute atomic E-state index is 10.8. The molecule has 0 aromatic heterocycles. The second-order valence-electron chi connectivity index (χ2n) is 1.85. The Bertz CT molecular complexity index is 292. The minimum atomic E-state index is -0.618. The van der Waals surface area contributed by atoms with Gasteiger partial charge in [-0.15, -0.1) is 5.26 Å². The second-order valence-corrected chi connectivity index (χ2v) is 1.85. The molecule has 1 aromatic rings. The van der Waals surface area contributed by atoms with Crippen LogP contribution in [0.25, 0.3) is 0 Å². The average molecular weight is 170 g/mol. The van der Waals surface area contributed by atoms with Gasteiger partial charge in [-0.2, -0.15) is 0 Å². The number of carbonyl (C=O) groups is 1. The Morgan fingerprint density at radius 2 is 1.92 bits per heavy atom. The Kier molecular flexibility index (Phi) is 5.39. The molecule has 0 heterocycles. The number of esters is 1. The normalized spacial score (nSPS) is 7.58. The maximum Gasteiger partial charge on any atom is 0.353 e. The van der Waals surface area contributed by atoms with E-state index in [0.717, 1.165) is 0 Å². The molecule has 1 radical (unpaired) electrons. The van der Waals surface area contributed by atoms with Gasteiger partial charge in [-0.1, -0.05) is 18.2 Å². The van der Waals surface area contributed by atoms with Crippen LogP contribution in [0.2, 0.25) is 0 Å². The summed E-state index contributed by atoms with van der Waals surface area (Å²) in [7, 11) is 0. The van der Waals surface area contributed by atoms with Crippen LogP contribution in [0.1, 0.15) is 10.4 Å². The summed E-state index contributed by atoms with van der Waals surface area (Å²) in [6, 6.07) is 8.35. The van der Waals surface area contributed by atoms with Crippen LogP contribution in [0.15, 0.2) is 30.3 Å². The number of nitriles is 1. The molecule has 1 rings (SSSR count). The Morgan fingerprint density at radius 1 is 1.33 bits per heavy atom. The van der Waals surface area contributed by atoms with Gasteiger partial charge in [0.25, 0.3) is 6.26 Å². The number of carbonyl (C=O) groups excluding carboxylic acids is 1. The Labute approximate surface area is 92.2 Å². The molecule has 12 heavy (non-hydrogen) atoms. The van der Waals surface area contributed by atoms with Crippen molar-refractivity contribution in [1.29, 1.82) is 5.26 Å². The zero-order valence-electron chi connectivity index (χ0n) is 6.65. The van der Waals surface area contributed by atoms with Crippen molar-refractivity contribution in [2.24, 2.45) is 0 Å². The molecule has 0 bridgehead atoms. The Hall–Kier alpha value is -0.820.